The van der Waals surface area contributed by atoms with Crippen LogP contribution in [-0.4, -0.2) is 34.3 Å². The Morgan fingerprint density at radius 1 is 1.19 bits per heavy atom. The highest BCUT2D eigenvalue weighted by Gasteiger charge is 2.34. The molecule has 3 rings (SSSR count). The number of nitrogens with zero attached hydrogens (tertiary/aromatic N) is 1. The third-order valence-electron chi connectivity index (χ3n) is 3.75. The Kier molecular flexibility index (Phi) is 5.87. The number of hydrogen-bond donors (Lipinski definition) is 1. The Bertz CT molecular complexity index is 880. The largest absolute Gasteiger partial charge is 0.507 e. The van der Waals surface area contributed by atoms with Crippen LogP contribution in [0, 0.1) is 10.5 Å². The maximum atomic E-state index is 12.5. The van der Waals surface area contributed by atoms with Crippen molar-refractivity contribution < 1.29 is 19.4 Å². The Balaban J connectivity index is 1.66. The van der Waals surface area contributed by atoms with Gasteiger partial charge in [0.05, 0.1) is 11.4 Å². The van der Waals surface area contributed by atoms with Gasteiger partial charge in [-0.15, -0.1) is 0 Å². The fourth-order valence-corrected chi connectivity index (χ4v) is 3.74. The summed E-state index contributed by atoms with van der Waals surface area (Å²) in [5.74, 6) is 0.396. The fourth-order valence-electron chi connectivity index (χ4n) is 2.36. The number of aromatic hydroxyl groups is 1. The SMILES string of the molecule is Cc1ccc(OCCN2C(=O)S/C(=C\c3cc(I)ccc3O)C2=O)cc1. The molecule has 0 radical (unpaired) electrons. The number of aryl methyl sites for hydroxylation is 1. The highest BCUT2D eigenvalue weighted by atomic mass is 127. The quantitative estimate of drug-likeness (QED) is 0.506. The van der Waals surface area contributed by atoms with Gasteiger partial charge in [0.2, 0.25) is 0 Å². The Hall–Kier alpha value is -2.00. The van der Waals surface area contributed by atoms with E-state index in [-0.39, 0.29) is 30.0 Å². The number of carbonyl (C=O) groups excluding carboxylic acids is 2. The number of halogens is 1. The van der Waals surface area contributed by atoms with Gasteiger partial charge in [-0.25, -0.2) is 0 Å². The van der Waals surface area contributed by atoms with Crippen LogP contribution < -0.4 is 4.74 Å². The van der Waals surface area contributed by atoms with Crippen molar-refractivity contribution in [3.05, 3.63) is 62.1 Å². The van der Waals surface area contributed by atoms with Crippen molar-refractivity contribution in [1.29, 1.82) is 0 Å². The minimum absolute atomic E-state index is 0.0694. The minimum atomic E-state index is -0.370. The van der Waals surface area contributed by atoms with E-state index in [1.807, 2.05) is 31.2 Å². The first-order chi connectivity index (χ1) is 12.4. The molecule has 0 saturated carbocycles. The third kappa shape index (κ3) is 4.39. The second-order valence-corrected chi connectivity index (χ2v) is 7.94. The molecule has 2 aromatic carbocycles. The van der Waals surface area contributed by atoms with Crippen molar-refractivity contribution in [2.75, 3.05) is 13.2 Å². The molecule has 0 spiro atoms. The summed E-state index contributed by atoms with van der Waals surface area (Å²) in [6.07, 6.45) is 1.54. The van der Waals surface area contributed by atoms with Gasteiger partial charge in [-0.2, -0.15) is 0 Å². The van der Waals surface area contributed by atoms with Crippen LogP contribution in [0.5, 0.6) is 11.5 Å². The number of rotatable bonds is 5. The topological polar surface area (TPSA) is 66.8 Å². The van der Waals surface area contributed by atoms with Crippen molar-refractivity contribution in [3.63, 3.8) is 0 Å². The van der Waals surface area contributed by atoms with Crippen molar-refractivity contribution in [2.24, 2.45) is 0 Å². The summed E-state index contributed by atoms with van der Waals surface area (Å²) in [5.41, 5.74) is 1.64. The van der Waals surface area contributed by atoms with E-state index in [0.717, 1.165) is 25.8 Å². The molecule has 0 atom stereocenters. The zero-order valence-corrected chi connectivity index (χ0v) is 16.9. The van der Waals surface area contributed by atoms with Crippen molar-refractivity contribution in [1.82, 2.24) is 4.90 Å². The summed E-state index contributed by atoms with van der Waals surface area (Å²) in [7, 11) is 0. The van der Waals surface area contributed by atoms with E-state index >= 15 is 0 Å². The number of ether oxygens (including phenoxy) is 1. The van der Waals surface area contributed by atoms with Crippen LogP contribution in [0.1, 0.15) is 11.1 Å². The molecule has 1 aliphatic rings. The minimum Gasteiger partial charge on any atom is -0.507 e. The van der Waals surface area contributed by atoms with E-state index < -0.39 is 0 Å². The lowest BCUT2D eigenvalue weighted by atomic mass is 10.2. The van der Waals surface area contributed by atoms with Crippen molar-refractivity contribution in [3.8, 4) is 11.5 Å². The standard InChI is InChI=1S/C19H16INO4S/c1-12-2-5-15(6-3-12)25-9-8-21-18(23)17(26-19(21)24)11-13-10-14(20)4-7-16(13)22/h2-7,10-11,22H,8-9H2,1H3/b17-11-. The van der Waals surface area contributed by atoms with Crippen LogP contribution in [0.15, 0.2) is 47.4 Å². The molecule has 1 N–H and O–H groups in total. The first-order valence-corrected chi connectivity index (χ1v) is 9.77. The Labute approximate surface area is 169 Å². The average Bonchev–Trinajstić information content (AvgIpc) is 2.87. The van der Waals surface area contributed by atoms with Gasteiger partial charge in [0.15, 0.2) is 0 Å². The lowest BCUT2D eigenvalue weighted by Crippen LogP contribution is -2.32. The van der Waals surface area contributed by atoms with E-state index in [1.54, 1.807) is 24.3 Å². The molecule has 7 heteroatoms. The van der Waals surface area contributed by atoms with Gasteiger partial charge in [0.1, 0.15) is 18.1 Å². The summed E-state index contributed by atoms with van der Waals surface area (Å²) in [4.78, 5) is 26.1. The normalized spacial score (nSPS) is 15.8. The summed E-state index contributed by atoms with van der Waals surface area (Å²) in [6.45, 7) is 2.39. The molecular weight excluding hydrogens is 465 g/mol. The van der Waals surface area contributed by atoms with Crippen LogP contribution >= 0.6 is 34.4 Å². The number of carbonyl (C=O) groups is 2. The van der Waals surface area contributed by atoms with Crippen LogP contribution in [0.4, 0.5) is 4.79 Å². The van der Waals surface area contributed by atoms with Gasteiger partial charge in [-0.1, -0.05) is 17.7 Å². The highest BCUT2D eigenvalue weighted by molar-refractivity contribution is 14.1. The molecule has 0 bridgehead atoms. The van der Waals surface area contributed by atoms with E-state index in [9.17, 15) is 14.7 Å². The maximum absolute atomic E-state index is 12.5. The van der Waals surface area contributed by atoms with Gasteiger partial charge >= 0.3 is 0 Å². The van der Waals surface area contributed by atoms with Gasteiger partial charge in [0, 0.05) is 9.13 Å². The molecule has 1 aliphatic heterocycles. The number of hydrogen-bond acceptors (Lipinski definition) is 5. The fraction of sp³-hybridized carbons (Fsp3) is 0.158. The number of amides is 2. The number of phenols is 1. The number of benzene rings is 2. The van der Waals surface area contributed by atoms with Gasteiger partial charge in [0.25, 0.3) is 11.1 Å². The Morgan fingerprint density at radius 2 is 1.92 bits per heavy atom. The van der Waals surface area contributed by atoms with Gasteiger partial charge in [-0.3, -0.25) is 14.5 Å². The number of phenolic OH excluding ortho intramolecular Hbond substituents is 1. The third-order valence-corrected chi connectivity index (χ3v) is 5.33. The second-order valence-electron chi connectivity index (χ2n) is 5.70. The summed E-state index contributed by atoms with van der Waals surface area (Å²) < 4.78 is 6.52. The summed E-state index contributed by atoms with van der Waals surface area (Å²) >= 11 is 2.99. The molecule has 1 saturated heterocycles. The van der Waals surface area contributed by atoms with Crippen LogP contribution in [0.3, 0.4) is 0 Å². The number of thioether (sulfide) groups is 1. The molecule has 134 valence electrons. The zero-order valence-electron chi connectivity index (χ0n) is 13.9. The lowest BCUT2D eigenvalue weighted by molar-refractivity contribution is -0.123. The molecule has 1 heterocycles. The lowest BCUT2D eigenvalue weighted by Gasteiger charge is -2.13. The average molecular weight is 481 g/mol. The smallest absolute Gasteiger partial charge is 0.293 e. The summed E-state index contributed by atoms with van der Waals surface area (Å²) in [6, 6.07) is 12.7. The number of imide groups is 1. The van der Waals surface area contributed by atoms with E-state index in [4.69, 9.17) is 4.74 Å². The van der Waals surface area contributed by atoms with Crippen LogP contribution in [0.25, 0.3) is 6.08 Å². The maximum Gasteiger partial charge on any atom is 0.293 e. The predicted molar refractivity (Wildman–Crippen MR) is 110 cm³/mol. The molecule has 1 fully saturated rings. The van der Waals surface area contributed by atoms with E-state index in [2.05, 4.69) is 22.6 Å². The Morgan fingerprint density at radius 3 is 2.65 bits per heavy atom. The molecule has 0 unspecified atom stereocenters. The summed E-state index contributed by atoms with van der Waals surface area (Å²) in [5, 5.41) is 9.58. The highest BCUT2D eigenvalue weighted by Crippen LogP contribution is 2.34. The van der Waals surface area contributed by atoms with Crippen LogP contribution in [0.2, 0.25) is 0 Å². The predicted octanol–water partition coefficient (Wildman–Crippen LogP) is 4.42. The van der Waals surface area contributed by atoms with Gasteiger partial charge < -0.3 is 9.84 Å². The molecule has 5 nitrogen and oxygen atoms in total. The van der Waals surface area contributed by atoms with Crippen LogP contribution in [-0.2, 0) is 4.79 Å². The monoisotopic (exact) mass is 481 g/mol. The molecule has 2 aromatic rings. The van der Waals surface area contributed by atoms with Crippen molar-refractivity contribution >= 4 is 51.6 Å². The first kappa shape index (κ1) is 18.8. The molecular formula is C19H16INO4S. The molecule has 26 heavy (non-hydrogen) atoms. The second kappa shape index (κ2) is 8.13. The van der Waals surface area contributed by atoms with Gasteiger partial charge in [-0.05, 0) is 77.7 Å². The van der Waals surface area contributed by atoms with E-state index in [1.165, 1.54) is 0 Å². The molecule has 0 aromatic heterocycles. The van der Waals surface area contributed by atoms with Crippen molar-refractivity contribution in [2.45, 2.75) is 6.92 Å². The molecule has 2 amide bonds. The zero-order chi connectivity index (χ0) is 18.7. The first-order valence-electron chi connectivity index (χ1n) is 7.87. The molecule has 0 aliphatic carbocycles. The van der Waals surface area contributed by atoms with E-state index in [0.29, 0.717) is 16.2 Å².